The van der Waals surface area contributed by atoms with Crippen LogP contribution >= 0.6 is 15.9 Å². The monoisotopic (exact) mass is 309 g/mol. The molecule has 0 amide bonds. The van der Waals surface area contributed by atoms with Crippen LogP contribution in [0.3, 0.4) is 0 Å². The normalized spacial score (nSPS) is 10.1. The van der Waals surface area contributed by atoms with Gasteiger partial charge in [-0.15, -0.1) is 0 Å². The third kappa shape index (κ3) is 4.24. The van der Waals surface area contributed by atoms with E-state index in [-0.39, 0.29) is 5.97 Å². The number of carbonyl (C=O) groups excluding carboxylic acids is 1. The van der Waals surface area contributed by atoms with E-state index in [0.29, 0.717) is 18.5 Å². The van der Waals surface area contributed by atoms with Gasteiger partial charge in [0, 0.05) is 15.9 Å². The molecular formula is C12H12BrN3O2. The highest BCUT2D eigenvalue weighted by molar-refractivity contribution is 9.10. The fourth-order valence-corrected chi connectivity index (χ4v) is 1.81. The minimum atomic E-state index is -0.366. The molecule has 0 aliphatic rings. The van der Waals surface area contributed by atoms with Gasteiger partial charge in [-0.3, -0.25) is 0 Å². The first-order valence-corrected chi connectivity index (χ1v) is 6.03. The Hall–Kier alpha value is -1.78. The van der Waals surface area contributed by atoms with Gasteiger partial charge in [-0.2, -0.15) is 0 Å². The molecule has 0 radical (unpaired) electrons. The second kappa shape index (κ2) is 7.53. The molecular weight excluding hydrogens is 298 g/mol. The number of azide groups is 1. The van der Waals surface area contributed by atoms with E-state index < -0.39 is 0 Å². The Morgan fingerprint density at radius 1 is 1.61 bits per heavy atom. The summed E-state index contributed by atoms with van der Waals surface area (Å²) in [6, 6.07) is 5.23. The van der Waals surface area contributed by atoms with Crippen molar-refractivity contribution in [1.82, 2.24) is 0 Å². The third-order valence-corrected chi connectivity index (χ3v) is 2.86. The van der Waals surface area contributed by atoms with E-state index in [2.05, 4.69) is 30.7 Å². The molecule has 0 aromatic heterocycles. The number of halogens is 1. The lowest BCUT2D eigenvalue weighted by Crippen LogP contribution is -2.00. The SMILES string of the molecule is COC(=O)c1ccc(C=CCCN=[N+]=[N-])c(Br)c1. The van der Waals surface area contributed by atoms with Crippen molar-refractivity contribution < 1.29 is 9.53 Å². The van der Waals surface area contributed by atoms with E-state index in [1.807, 2.05) is 18.2 Å². The molecule has 0 fully saturated rings. The number of nitrogens with zero attached hydrogens (tertiary/aromatic N) is 3. The van der Waals surface area contributed by atoms with Gasteiger partial charge in [-0.05, 0) is 29.6 Å². The number of methoxy groups -OCH3 is 1. The Labute approximate surface area is 113 Å². The number of benzene rings is 1. The molecule has 94 valence electrons. The molecule has 6 heteroatoms. The zero-order valence-corrected chi connectivity index (χ0v) is 11.4. The molecule has 1 aromatic carbocycles. The van der Waals surface area contributed by atoms with Gasteiger partial charge in [0.2, 0.25) is 0 Å². The zero-order valence-electron chi connectivity index (χ0n) is 9.84. The first kappa shape index (κ1) is 14.3. The van der Waals surface area contributed by atoms with Crippen LogP contribution in [0.2, 0.25) is 0 Å². The summed E-state index contributed by atoms with van der Waals surface area (Å²) in [4.78, 5) is 14.0. The molecule has 0 heterocycles. The Morgan fingerprint density at radius 3 is 3.00 bits per heavy atom. The van der Waals surface area contributed by atoms with Gasteiger partial charge >= 0.3 is 5.97 Å². The molecule has 0 atom stereocenters. The first-order valence-electron chi connectivity index (χ1n) is 5.24. The first-order chi connectivity index (χ1) is 8.69. The molecule has 0 aliphatic heterocycles. The van der Waals surface area contributed by atoms with Crippen molar-refractivity contribution >= 4 is 28.0 Å². The van der Waals surface area contributed by atoms with Crippen LogP contribution in [0.5, 0.6) is 0 Å². The maximum atomic E-state index is 11.3. The molecule has 0 saturated heterocycles. The lowest BCUT2D eigenvalue weighted by Gasteiger charge is -2.02. The molecule has 18 heavy (non-hydrogen) atoms. The highest BCUT2D eigenvalue weighted by Gasteiger charge is 2.06. The van der Waals surface area contributed by atoms with Gasteiger partial charge < -0.3 is 4.74 Å². The molecule has 0 unspecified atom stereocenters. The standard InChI is InChI=1S/C12H12BrN3O2/c1-18-12(17)10-6-5-9(11(13)8-10)4-2-3-7-15-16-14/h2,4-6,8H,3,7H2,1H3. The van der Waals surface area contributed by atoms with Crippen molar-refractivity contribution in [3.8, 4) is 0 Å². The second-order valence-electron chi connectivity index (χ2n) is 3.37. The van der Waals surface area contributed by atoms with Crippen molar-refractivity contribution in [1.29, 1.82) is 0 Å². The Kier molecular flexibility index (Phi) is 5.97. The molecule has 1 aromatic rings. The van der Waals surface area contributed by atoms with Crippen LogP contribution in [0, 0.1) is 0 Å². The number of ether oxygens (including phenoxy) is 1. The average Bonchev–Trinajstić information content (AvgIpc) is 2.39. The summed E-state index contributed by atoms with van der Waals surface area (Å²) in [5.74, 6) is -0.366. The van der Waals surface area contributed by atoms with Gasteiger partial charge in [0.1, 0.15) is 0 Å². The molecule has 0 spiro atoms. The lowest BCUT2D eigenvalue weighted by atomic mass is 10.1. The molecule has 0 bridgehead atoms. The van der Waals surface area contributed by atoms with Crippen LogP contribution in [0.25, 0.3) is 16.5 Å². The van der Waals surface area contributed by atoms with E-state index in [4.69, 9.17) is 5.53 Å². The molecule has 0 saturated carbocycles. The summed E-state index contributed by atoms with van der Waals surface area (Å²) >= 11 is 3.39. The Bertz CT molecular complexity index is 508. The van der Waals surface area contributed by atoms with Gasteiger partial charge in [0.25, 0.3) is 0 Å². The van der Waals surface area contributed by atoms with Gasteiger partial charge in [0.15, 0.2) is 0 Å². The van der Waals surface area contributed by atoms with Crippen molar-refractivity contribution in [3.05, 3.63) is 50.3 Å². The largest absolute Gasteiger partial charge is 0.465 e. The van der Waals surface area contributed by atoms with Crippen molar-refractivity contribution in [2.45, 2.75) is 6.42 Å². The van der Waals surface area contributed by atoms with Crippen LogP contribution < -0.4 is 0 Å². The highest BCUT2D eigenvalue weighted by atomic mass is 79.9. The molecule has 5 nitrogen and oxygen atoms in total. The number of hydrogen-bond acceptors (Lipinski definition) is 3. The number of carbonyl (C=O) groups is 1. The molecule has 1 rings (SSSR count). The molecule has 0 N–H and O–H groups in total. The maximum Gasteiger partial charge on any atom is 0.337 e. The van der Waals surface area contributed by atoms with E-state index in [9.17, 15) is 4.79 Å². The van der Waals surface area contributed by atoms with Crippen LogP contribution in [0.1, 0.15) is 22.3 Å². The zero-order chi connectivity index (χ0) is 13.4. The van der Waals surface area contributed by atoms with Crippen LogP contribution in [-0.4, -0.2) is 19.6 Å². The van der Waals surface area contributed by atoms with Crippen molar-refractivity contribution in [3.63, 3.8) is 0 Å². The number of hydrogen-bond donors (Lipinski definition) is 0. The van der Waals surface area contributed by atoms with Crippen LogP contribution in [0.15, 0.2) is 33.9 Å². The maximum absolute atomic E-state index is 11.3. The third-order valence-electron chi connectivity index (χ3n) is 2.18. The minimum Gasteiger partial charge on any atom is -0.465 e. The van der Waals surface area contributed by atoms with Gasteiger partial charge in [-0.25, -0.2) is 4.79 Å². The quantitative estimate of drug-likeness (QED) is 0.271. The second-order valence-corrected chi connectivity index (χ2v) is 4.23. The van der Waals surface area contributed by atoms with Gasteiger partial charge in [0.05, 0.1) is 12.7 Å². The fraction of sp³-hybridized carbons (Fsp3) is 0.250. The summed E-state index contributed by atoms with van der Waals surface area (Å²) in [7, 11) is 1.35. The number of esters is 1. The van der Waals surface area contributed by atoms with E-state index in [1.54, 1.807) is 12.1 Å². The lowest BCUT2D eigenvalue weighted by molar-refractivity contribution is 0.0600. The number of rotatable bonds is 5. The summed E-state index contributed by atoms with van der Waals surface area (Å²) < 4.78 is 5.44. The van der Waals surface area contributed by atoms with Crippen LogP contribution in [0.4, 0.5) is 0 Å². The topological polar surface area (TPSA) is 75.1 Å². The summed E-state index contributed by atoms with van der Waals surface area (Å²) in [6.45, 7) is 0.435. The summed E-state index contributed by atoms with van der Waals surface area (Å²) in [5.41, 5.74) is 9.56. The Morgan fingerprint density at radius 2 is 2.39 bits per heavy atom. The highest BCUT2D eigenvalue weighted by Crippen LogP contribution is 2.20. The molecule has 0 aliphatic carbocycles. The van der Waals surface area contributed by atoms with E-state index in [1.165, 1.54) is 7.11 Å². The predicted molar refractivity (Wildman–Crippen MR) is 73.1 cm³/mol. The van der Waals surface area contributed by atoms with Crippen molar-refractivity contribution in [2.75, 3.05) is 13.7 Å². The summed E-state index contributed by atoms with van der Waals surface area (Å²) in [6.07, 6.45) is 4.49. The Balaban J connectivity index is 2.73. The van der Waals surface area contributed by atoms with Crippen molar-refractivity contribution in [2.24, 2.45) is 5.11 Å². The minimum absolute atomic E-state index is 0.366. The average molecular weight is 310 g/mol. The fourth-order valence-electron chi connectivity index (χ4n) is 1.29. The smallest absolute Gasteiger partial charge is 0.337 e. The summed E-state index contributed by atoms with van der Waals surface area (Å²) in [5, 5.41) is 3.43. The van der Waals surface area contributed by atoms with E-state index in [0.717, 1.165) is 10.0 Å². The van der Waals surface area contributed by atoms with Crippen LogP contribution in [-0.2, 0) is 4.74 Å². The predicted octanol–water partition coefficient (Wildman–Crippen LogP) is 3.95. The van der Waals surface area contributed by atoms with E-state index >= 15 is 0 Å². The van der Waals surface area contributed by atoms with Gasteiger partial charge in [-0.1, -0.05) is 39.3 Å².